The number of carbonyl (C=O) groups is 2. The summed E-state index contributed by atoms with van der Waals surface area (Å²) in [5.74, 6) is -1.06. The molecule has 0 atom stereocenters. The highest BCUT2D eigenvalue weighted by Crippen LogP contribution is 2.42. The fourth-order valence-electron chi connectivity index (χ4n) is 4.32. The minimum absolute atomic E-state index is 0.117. The standard InChI is InChI=1S/C24H25FN6O3/c1-15-12-26-23(29-20(15)18-4-2-3-5-19(18)21(32)33)28-16-13-27-31(14-16)17-6-10-30(11-7-17)22(34)24(25)8-9-24/h2-5,12-14,17H,6-11H2,1H3,(H,32,33)(H,26,28,29). The van der Waals surface area contributed by atoms with Crippen molar-refractivity contribution in [2.45, 2.75) is 44.3 Å². The van der Waals surface area contributed by atoms with Gasteiger partial charge in [-0.05, 0) is 44.2 Å². The number of nitrogens with one attached hydrogen (secondary N) is 1. The molecule has 0 spiro atoms. The number of likely N-dealkylation sites (tertiary alicyclic amines) is 1. The molecule has 1 aliphatic carbocycles. The minimum atomic E-state index is -1.62. The normalized spacial score (nSPS) is 17.4. The smallest absolute Gasteiger partial charge is 0.336 e. The van der Waals surface area contributed by atoms with Crippen molar-refractivity contribution in [2.75, 3.05) is 18.4 Å². The molecule has 3 aromatic rings. The molecule has 0 bridgehead atoms. The molecule has 1 aliphatic heterocycles. The number of aryl methyl sites for hydroxylation is 1. The molecule has 2 N–H and O–H groups in total. The minimum Gasteiger partial charge on any atom is -0.478 e. The predicted molar refractivity (Wildman–Crippen MR) is 123 cm³/mol. The third kappa shape index (κ3) is 4.23. The van der Waals surface area contributed by atoms with Crippen LogP contribution < -0.4 is 5.32 Å². The Morgan fingerprint density at radius 1 is 1.18 bits per heavy atom. The number of hydrogen-bond acceptors (Lipinski definition) is 6. The van der Waals surface area contributed by atoms with Crippen LogP contribution >= 0.6 is 0 Å². The van der Waals surface area contributed by atoms with Gasteiger partial charge in [-0.1, -0.05) is 18.2 Å². The van der Waals surface area contributed by atoms with Crippen LogP contribution in [-0.2, 0) is 4.79 Å². The number of carbonyl (C=O) groups excluding carboxylic acids is 1. The summed E-state index contributed by atoms with van der Waals surface area (Å²) in [5.41, 5.74) is 1.08. The molecule has 34 heavy (non-hydrogen) atoms. The molecular formula is C24H25FN6O3. The van der Waals surface area contributed by atoms with Crippen LogP contribution in [0.4, 0.5) is 16.0 Å². The lowest BCUT2D eigenvalue weighted by molar-refractivity contribution is -0.139. The van der Waals surface area contributed by atoms with Gasteiger partial charge in [0.25, 0.3) is 5.91 Å². The summed E-state index contributed by atoms with van der Waals surface area (Å²) in [6.45, 7) is 2.87. The van der Waals surface area contributed by atoms with Gasteiger partial charge in [0, 0.05) is 31.0 Å². The third-order valence-corrected chi connectivity index (χ3v) is 6.44. The van der Waals surface area contributed by atoms with Crippen molar-refractivity contribution < 1.29 is 19.1 Å². The summed E-state index contributed by atoms with van der Waals surface area (Å²) < 4.78 is 15.9. The Balaban J connectivity index is 1.28. The molecule has 1 aromatic carbocycles. The van der Waals surface area contributed by atoms with Crippen molar-refractivity contribution in [1.29, 1.82) is 0 Å². The third-order valence-electron chi connectivity index (χ3n) is 6.44. The maximum atomic E-state index is 14.1. The van der Waals surface area contributed by atoms with Gasteiger partial charge in [-0.15, -0.1) is 0 Å². The first-order chi connectivity index (χ1) is 16.3. The molecule has 3 heterocycles. The molecule has 9 nitrogen and oxygen atoms in total. The van der Waals surface area contributed by atoms with Gasteiger partial charge in [0.15, 0.2) is 5.67 Å². The van der Waals surface area contributed by atoms with Crippen molar-refractivity contribution in [3.8, 4) is 11.3 Å². The van der Waals surface area contributed by atoms with E-state index in [1.54, 1.807) is 41.6 Å². The van der Waals surface area contributed by atoms with E-state index in [0.717, 1.165) is 5.56 Å². The Kier molecular flexibility index (Phi) is 5.51. The Bertz CT molecular complexity index is 1250. The quantitative estimate of drug-likeness (QED) is 0.571. The Hall–Kier alpha value is -3.82. The Labute approximate surface area is 195 Å². The number of benzene rings is 1. The van der Waals surface area contributed by atoms with E-state index in [9.17, 15) is 19.1 Å². The number of piperidine rings is 1. The molecule has 1 amide bonds. The molecule has 2 fully saturated rings. The van der Waals surface area contributed by atoms with E-state index in [4.69, 9.17) is 0 Å². The number of aromatic nitrogens is 4. The number of hydrogen-bond donors (Lipinski definition) is 2. The van der Waals surface area contributed by atoms with E-state index in [-0.39, 0.29) is 17.5 Å². The Morgan fingerprint density at radius 3 is 2.62 bits per heavy atom. The number of anilines is 2. The van der Waals surface area contributed by atoms with Crippen molar-refractivity contribution in [2.24, 2.45) is 0 Å². The highest BCUT2D eigenvalue weighted by Gasteiger charge is 2.53. The van der Waals surface area contributed by atoms with Crippen molar-refractivity contribution >= 4 is 23.5 Å². The lowest BCUT2D eigenvalue weighted by Crippen LogP contribution is -2.43. The van der Waals surface area contributed by atoms with Crippen LogP contribution in [-0.4, -0.2) is 60.4 Å². The van der Waals surface area contributed by atoms with Crippen LogP contribution in [0.5, 0.6) is 0 Å². The van der Waals surface area contributed by atoms with E-state index >= 15 is 0 Å². The number of alkyl halides is 1. The van der Waals surface area contributed by atoms with Crippen molar-refractivity contribution in [3.63, 3.8) is 0 Å². The molecule has 1 saturated heterocycles. The van der Waals surface area contributed by atoms with Gasteiger partial charge in [-0.25, -0.2) is 19.2 Å². The predicted octanol–water partition coefficient (Wildman–Crippen LogP) is 3.76. The maximum Gasteiger partial charge on any atom is 0.336 e. The van der Waals surface area contributed by atoms with Crippen molar-refractivity contribution in [1.82, 2.24) is 24.6 Å². The summed E-state index contributed by atoms with van der Waals surface area (Å²) in [4.78, 5) is 34.4. The maximum absolute atomic E-state index is 14.1. The van der Waals surface area contributed by atoms with Crippen LogP contribution in [0.1, 0.15) is 47.6 Å². The van der Waals surface area contributed by atoms with E-state index in [0.29, 0.717) is 61.7 Å². The molecule has 10 heteroatoms. The molecular weight excluding hydrogens is 439 g/mol. The number of rotatable bonds is 6. The average Bonchev–Trinajstić information content (AvgIpc) is 3.43. The lowest BCUT2D eigenvalue weighted by atomic mass is 10.0. The van der Waals surface area contributed by atoms with Gasteiger partial charge in [-0.3, -0.25) is 9.48 Å². The first-order valence-corrected chi connectivity index (χ1v) is 11.3. The number of carboxylic acid groups (broad SMARTS) is 1. The van der Waals surface area contributed by atoms with Gasteiger partial charge in [0.05, 0.1) is 29.2 Å². The molecule has 176 valence electrons. The molecule has 1 saturated carbocycles. The highest BCUT2D eigenvalue weighted by molar-refractivity contribution is 5.95. The van der Waals surface area contributed by atoms with Gasteiger partial charge in [0.2, 0.25) is 5.95 Å². The van der Waals surface area contributed by atoms with E-state index < -0.39 is 11.6 Å². The second-order valence-corrected chi connectivity index (χ2v) is 8.90. The van der Waals surface area contributed by atoms with E-state index in [2.05, 4.69) is 20.4 Å². The van der Waals surface area contributed by atoms with Gasteiger partial charge >= 0.3 is 5.97 Å². The summed E-state index contributed by atoms with van der Waals surface area (Å²) in [7, 11) is 0. The number of nitrogens with zero attached hydrogens (tertiary/aromatic N) is 5. The fraction of sp³-hybridized carbons (Fsp3) is 0.375. The van der Waals surface area contributed by atoms with Gasteiger partial charge < -0.3 is 15.3 Å². The SMILES string of the molecule is Cc1cnc(Nc2cnn(C3CCN(C(=O)C4(F)CC4)CC3)c2)nc1-c1ccccc1C(=O)O. The second kappa shape index (κ2) is 8.51. The van der Waals surface area contributed by atoms with E-state index in [1.165, 1.54) is 0 Å². The summed E-state index contributed by atoms with van der Waals surface area (Å²) in [6.07, 6.45) is 7.27. The molecule has 2 aromatic heterocycles. The number of amides is 1. The molecule has 0 unspecified atom stereocenters. The molecule has 0 radical (unpaired) electrons. The fourth-order valence-corrected chi connectivity index (χ4v) is 4.32. The first kappa shape index (κ1) is 22.0. The van der Waals surface area contributed by atoms with E-state index in [1.807, 2.05) is 17.8 Å². The number of aromatic carboxylic acids is 1. The zero-order valence-electron chi connectivity index (χ0n) is 18.7. The molecule has 5 rings (SSSR count). The van der Waals surface area contributed by atoms with Gasteiger partial charge in [0.1, 0.15) is 0 Å². The number of halogens is 1. The van der Waals surface area contributed by atoms with Crippen LogP contribution in [0.25, 0.3) is 11.3 Å². The van der Waals surface area contributed by atoms with Crippen LogP contribution in [0, 0.1) is 6.92 Å². The summed E-state index contributed by atoms with van der Waals surface area (Å²) in [6, 6.07) is 6.85. The zero-order valence-corrected chi connectivity index (χ0v) is 18.7. The van der Waals surface area contributed by atoms with Gasteiger partial charge in [-0.2, -0.15) is 5.10 Å². The topological polar surface area (TPSA) is 113 Å². The highest BCUT2D eigenvalue weighted by atomic mass is 19.1. The van der Waals surface area contributed by atoms with Crippen LogP contribution in [0.15, 0.2) is 42.9 Å². The Morgan fingerprint density at radius 2 is 1.91 bits per heavy atom. The average molecular weight is 465 g/mol. The lowest BCUT2D eigenvalue weighted by Gasteiger charge is -2.32. The molecule has 2 aliphatic rings. The van der Waals surface area contributed by atoms with Crippen molar-refractivity contribution in [3.05, 3.63) is 54.0 Å². The monoisotopic (exact) mass is 464 g/mol. The summed E-state index contributed by atoms with van der Waals surface area (Å²) in [5, 5.41) is 17.1. The second-order valence-electron chi connectivity index (χ2n) is 8.90. The largest absolute Gasteiger partial charge is 0.478 e. The van der Waals surface area contributed by atoms with Crippen LogP contribution in [0.2, 0.25) is 0 Å². The van der Waals surface area contributed by atoms with Crippen LogP contribution in [0.3, 0.4) is 0 Å². The zero-order chi connectivity index (χ0) is 23.9. The first-order valence-electron chi connectivity index (χ1n) is 11.3. The number of carboxylic acids is 1. The summed E-state index contributed by atoms with van der Waals surface area (Å²) >= 11 is 0.